The Labute approximate surface area is 161 Å². The molecule has 2 amide bonds. The first-order valence-electron chi connectivity index (χ1n) is 8.14. The molecule has 10 heteroatoms. The fourth-order valence-corrected chi connectivity index (χ4v) is 3.55. The van der Waals surface area contributed by atoms with Crippen LogP contribution >= 0.6 is 0 Å². The highest BCUT2D eigenvalue weighted by molar-refractivity contribution is 7.89. The summed E-state index contributed by atoms with van der Waals surface area (Å²) in [6.07, 6.45) is 0. The van der Waals surface area contributed by atoms with E-state index in [2.05, 4.69) is 10.6 Å². The quantitative estimate of drug-likeness (QED) is 0.716. The van der Waals surface area contributed by atoms with E-state index in [0.717, 1.165) is 22.5 Å². The summed E-state index contributed by atoms with van der Waals surface area (Å²) in [7, 11) is -1.38. The van der Waals surface area contributed by atoms with Gasteiger partial charge in [-0.3, -0.25) is 9.59 Å². The smallest absolute Gasteiger partial charge is 0.246 e. The van der Waals surface area contributed by atoms with E-state index in [0.29, 0.717) is 0 Å². The molecule has 150 valence electrons. The van der Waals surface area contributed by atoms with Gasteiger partial charge in [0, 0.05) is 14.1 Å². The first kappa shape index (κ1) is 21.5. The number of nitrogens with one attached hydrogen (secondary N) is 2. The van der Waals surface area contributed by atoms with Crippen LogP contribution in [-0.4, -0.2) is 45.2 Å². The van der Waals surface area contributed by atoms with Gasteiger partial charge in [0.2, 0.25) is 21.8 Å². The summed E-state index contributed by atoms with van der Waals surface area (Å²) in [5.41, 5.74) is 0.0140. The van der Waals surface area contributed by atoms with E-state index in [9.17, 15) is 26.8 Å². The number of carbonyl (C=O) groups is 2. The molecule has 1 atom stereocenters. The van der Waals surface area contributed by atoms with Gasteiger partial charge in [0.15, 0.2) is 11.6 Å². The van der Waals surface area contributed by atoms with Crippen LogP contribution in [0.1, 0.15) is 11.6 Å². The molecule has 2 N–H and O–H groups in total. The molecule has 0 heterocycles. The van der Waals surface area contributed by atoms with Crippen molar-refractivity contribution in [3.8, 4) is 0 Å². The van der Waals surface area contributed by atoms with Gasteiger partial charge in [-0.25, -0.2) is 17.2 Å². The third-order valence-corrected chi connectivity index (χ3v) is 5.73. The molecule has 0 aliphatic carbocycles. The SMILES string of the molecule is CNC(=O)C(NC(=O)CN(C)S(=O)(=O)c1ccccc1)c1ccc(F)c(F)c1. The van der Waals surface area contributed by atoms with Gasteiger partial charge in [-0.05, 0) is 29.8 Å². The molecule has 0 spiro atoms. The van der Waals surface area contributed by atoms with Crippen molar-refractivity contribution in [2.75, 3.05) is 20.6 Å². The van der Waals surface area contributed by atoms with Crippen LogP contribution in [0.2, 0.25) is 0 Å². The number of benzene rings is 2. The summed E-state index contributed by atoms with van der Waals surface area (Å²) in [5, 5.41) is 4.65. The molecule has 0 aromatic heterocycles. The highest BCUT2D eigenvalue weighted by atomic mass is 32.2. The van der Waals surface area contributed by atoms with Gasteiger partial charge in [0.25, 0.3) is 0 Å². The first-order valence-corrected chi connectivity index (χ1v) is 9.58. The van der Waals surface area contributed by atoms with Crippen LogP contribution in [-0.2, 0) is 19.6 Å². The van der Waals surface area contributed by atoms with E-state index in [-0.39, 0.29) is 10.5 Å². The van der Waals surface area contributed by atoms with Gasteiger partial charge in [-0.15, -0.1) is 0 Å². The predicted molar refractivity (Wildman–Crippen MR) is 97.6 cm³/mol. The zero-order valence-electron chi connectivity index (χ0n) is 15.1. The van der Waals surface area contributed by atoms with Crippen molar-refractivity contribution in [1.82, 2.24) is 14.9 Å². The van der Waals surface area contributed by atoms with Gasteiger partial charge in [0.05, 0.1) is 11.4 Å². The second kappa shape index (κ2) is 8.89. The average molecular weight is 411 g/mol. The summed E-state index contributed by atoms with van der Waals surface area (Å²) < 4.78 is 52.4. The minimum Gasteiger partial charge on any atom is -0.357 e. The number of amides is 2. The van der Waals surface area contributed by atoms with E-state index in [1.54, 1.807) is 18.2 Å². The van der Waals surface area contributed by atoms with E-state index in [1.165, 1.54) is 26.2 Å². The minimum absolute atomic E-state index is 0.00811. The minimum atomic E-state index is -3.91. The molecule has 0 saturated carbocycles. The Morgan fingerprint density at radius 3 is 2.29 bits per heavy atom. The molecule has 2 rings (SSSR count). The molecule has 0 aliphatic heterocycles. The van der Waals surface area contributed by atoms with Crippen molar-refractivity contribution in [3.63, 3.8) is 0 Å². The lowest BCUT2D eigenvalue weighted by Gasteiger charge is -2.21. The molecule has 0 radical (unpaired) electrons. The first-order chi connectivity index (χ1) is 13.2. The summed E-state index contributed by atoms with van der Waals surface area (Å²) >= 11 is 0. The summed E-state index contributed by atoms with van der Waals surface area (Å²) in [4.78, 5) is 24.4. The lowest BCUT2D eigenvalue weighted by atomic mass is 10.1. The van der Waals surface area contributed by atoms with Crippen molar-refractivity contribution >= 4 is 21.8 Å². The van der Waals surface area contributed by atoms with Gasteiger partial charge in [-0.2, -0.15) is 4.31 Å². The van der Waals surface area contributed by atoms with Gasteiger partial charge >= 0.3 is 0 Å². The molecule has 28 heavy (non-hydrogen) atoms. The van der Waals surface area contributed by atoms with Crippen LogP contribution < -0.4 is 10.6 Å². The molecule has 2 aromatic carbocycles. The maximum absolute atomic E-state index is 13.5. The molecule has 0 fully saturated rings. The third-order valence-electron chi connectivity index (χ3n) is 3.91. The Kier molecular flexibility index (Phi) is 6.81. The zero-order chi connectivity index (χ0) is 20.9. The van der Waals surface area contributed by atoms with E-state index >= 15 is 0 Å². The molecule has 2 aromatic rings. The number of hydrogen-bond acceptors (Lipinski definition) is 4. The number of carbonyl (C=O) groups excluding carboxylic acids is 2. The number of sulfonamides is 1. The fourth-order valence-electron chi connectivity index (χ4n) is 2.40. The second-order valence-electron chi connectivity index (χ2n) is 5.86. The topological polar surface area (TPSA) is 95.6 Å². The number of rotatable bonds is 7. The molecule has 1 unspecified atom stereocenters. The summed E-state index contributed by atoms with van der Waals surface area (Å²) in [6.45, 7) is -0.575. The zero-order valence-corrected chi connectivity index (χ0v) is 16.0. The van der Waals surface area contributed by atoms with Crippen molar-refractivity contribution in [1.29, 1.82) is 0 Å². The monoisotopic (exact) mass is 411 g/mol. The molecule has 7 nitrogen and oxygen atoms in total. The fraction of sp³-hybridized carbons (Fsp3) is 0.222. The highest BCUT2D eigenvalue weighted by Crippen LogP contribution is 2.18. The van der Waals surface area contributed by atoms with Gasteiger partial charge in [0.1, 0.15) is 6.04 Å². The number of halogens is 2. The van der Waals surface area contributed by atoms with Gasteiger partial charge < -0.3 is 10.6 Å². The maximum Gasteiger partial charge on any atom is 0.246 e. The molecule has 0 aliphatic rings. The van der Waals surface area contributed by atoms with Crippen molar-refractivity contribution in [2.45, 2.75) is 10.9 Å². The number of likely N-dealkylation sites (N-methyl/N-ethyl adjacent to an activating group) is 2. The van der Waals surface area contributed by atoms with Crippen molar-refractivity contribution in [3.05, 3.63) is 65.7 Å². The lowest BCUT2D eigenvalue weighted by molar-refractivity contribution is -0.128. The van der Waals surface area contributed by atoms with E-state index in [4.69, 9.17) is 0 Å². The Hall–Kier alpha value is -2.85. The van der Waals surface area contributed by atoms with Crippen LogP contribution in [0, 0.1) is 11.6 Å². The standard InChI is InChI=1S/C18H19F2N3O4S/c1-21-18(25)17(12-8-9-14(19)15(20)10-12)22-16(24)11-23(2)28(26,27)13-6-4-3-5-7-13/h3-10,17H,11H2,1-2H3,(H,21,25)(H,22,24). The van der Waals surface area contributed by atoms with Crippen LogP contribution in [0.25, 0.3) is 0 Å². The van der Waals surface area contributed by atoms with Crippen LogP contribution in [0.15, 0.2) is 53.4 Å². The maximum atomic E-state index is 13.5. The molecular weight excluding hydrogens is 392 g/mol. The summed E-state index contributed by atoms with van der Waals surface area (Å²) in [5.74, 6) is -3.74. The molecule has 0 saturated heterocycles. The molecular formula is C18H19F2N3O4S. The van der Waals surface area contributed by atoms with Crippen molar-refractivity contribution < 1.29 is 26.8 Å². The highest BCUT2D eigenvalue weighted by Gasteiger charge is 2.27. The van der Waals surface area contributed by atoms with Crippen LogP contribution in [0.3, 0.4) is 0 Å². The summed E-state index contributed by atoms with van der Waals surface area (Å²) in [6, 6.07) is 8.98. The Bertz CT molecular complexity index is 968. The van der Waals surface area contributed by atoms with Gasteiger partial charge in [-0.1, -0.05) is 24.3 Å². The normalized spacial score (nSPS) is 12.5. The molecule has 0 bridgehead atoms. The Morgan fingerprint density at radius 2 is 1.71 bits per heavy atom. The third kappa shape index (κ3) is 4.90. The van der Waals surface area contributed by atoms with Crippen molar-refractivity contribution in [2.24, 2.45) is 0 Å². The average Bonchev–Trinajstić information content (AvgIpc) is 2.68. The van der Waals surface area contributed by atoms with E-state index in [1.807, 2.05) is 0 Å². The number of hydrogen-bond donors (Lipinski definition) is 2. The predicted octanol–water partition coefficient (Wildman–Crippen LogP) is 1.19. The Balaban J connectivity index is 2.17. The van der Waals surface area contributed by atoms with E-state index < -0.39 is 46.1 Å². The Morgan fingerprint density at radius 1 is 1.07 bits per heavy atom. The number of nitrogens with zero attached hydrogens (tertiary/aromatic N) is 1. The largest absolute Gasteiger partial charge is 0.357 e. The van der Waals surface area contributed by atoms with Crippen LogP contribution in [0.5, 0.6) is 0 Å². The second-order valence-corrected chi connectivity index (χ2v) is 7.91. The van der Waals surface area contributed by atoms with Crippen LogP contribution in [0.4, 0.5) is 8.78 Å². The lowest BCUT2D eigenvalue weighted by Crippen LogP contribution is -2.44.